The Kier molecular flexibility index (Phi) is 5.37. The molecule has 126 valence electrons. The molecular weight excluding hydrogens is 322 g/mol. The second-order valence-corrected chi connectivity index (χ2v) is 12.5. The molecule has 1 aromatic rings. The van der Waals surface area contributed by atoms with Crippen LogP contribution in [0.5, 0.6) is 0 Å². The van der Waals surface area contributed by atoms with E-state index >= 15 is 0 Å². The van der Waals surface area contributed by atoms with Crippen LogP contribution < -0.4 is 4.13 Å². The maximum Gasteiger partial charge on any atom is 0.339 e. The maximum atomic E-state index is 12.8. The van der Waals surface area contributed by atoms with Gasteiger partial charge in [-0.3, -0.25) is 0 Å². The number of carbonyl (C=O) groups is 1. The average Bonchev–Trinajstić information content (AvgIpc) is 2.35. The SMILES string of the molecule is COC(=O)c1c(C)cccc1S(=O)(=O)NS(C)(C)C(C)(C)C. The van der Waals surface area contributed by atoms with Crippen LogP contribution in [0.2, 0.25) is 0 Å². The fraction of sp³-hybridized carbons (Fsp3) is 0.533. The van der Waals surface area contributed by atoms with Gasteiger partial charge in [-0.15, -0.1) is 0 Å². The zero-order valence-corrected chi connectivity index (χ0v) is 15.8. The number of benzene rings is 1. The highest BCUT2D eigenvalue weighted by Gasteiger charge is 2.34. The van der Waals surface area contributed by atoms with Gasteiger partial charge in [-0.25, -0.2) is 13.2 Å². The molecule has 0 saturated carbocycles. The summed E-state index contributed by atoms with van der Waals surface area (Å²) in [4.78, 5) is 11.9. The minimum atomic E-state index is -3.82. The summed E-state index contributed by atoms with van der Waals surface area (Å²) in [5.74, 6) is -0.651. The van der Waals surface area contributed by atoms with Gasteiger partial charge in [0, 0.05) is 4.75 Å². The molecular formula is C15H25NO4S2. The molecule has 22 heavy (non-hydrogen) atoms. The highest BCUT2D eigenvalue weighted by Crippen LogP contribution is 2.50. The van der Waals surface area contributed by atoms with Crippen molar-refractivity contribution in [3.8, 4) is 0 Å². The van der Waals surface area contributed by atoms with Crippen molar-refractivity contribution < 1.29 is 17.9 Å². The highest BCUT2D eigenvalue weighted by molar-refractivity contribution is 8.36. The van der Waals surface area contributed by atoms with Crippen molar-refractivity contribution in [2.45, 2.75) is 37.3 Å². The molecule has 0 amide bonds. The first-order valence-electron chi connectivity index (χ1n) is 6.78. The molecule has 0 atom stereocenters. The Bertz CT molecular complexity index is 673. The van der Waals surface area contributed by atoms with Crippen molar-refractivity contribution >= 4 is 26.2 Å². The van der Waals surface area contributed by atoms with Gasteiger partial charge in [0.2, 0.25) is 10.0 Å². The summed E-state index contributed by atoms with van der Waals surface area (Å²) in [6.07, 6.45) is 3.80. The molecule has 1 aromatic carbocycles. The van der Waals surface area contributed by atoms with E-state index in [1.54, 1.807) is 19.1 Å². The molecule has 5 nitrogen and oxygen atoms in total. The average molecular weight is 348 g/mol. The van der Waals surface area contributed by atoms with Crippen molar-refractivity contribution in [3.63, 3.8) is 0 Å². The minimum absolute atomic E-state index is 0.0378. The summed E-state index contributed by atoms with van der Waals surface area (Å²) in [6.45, 7) is 7.65. The van der Waals surface area contributed by atoms with Crippen LogP contribution in [-0.2, 0) is 14.8 Å². The zero-order chi connectivity index (χ0) is 17.3. The first-order valence-corrected chi connectivity index (χ1v) is 10.7. The summed E-state index contributed by atoms with van der Waals surface area (Å²) in [6, 6.07) is 4.74. The van der Waals surface area contributed by atoms with E-state index in [0.717, 1.165) is 0 Å². The lowest BCUT2D eigenvalue weighted by Gasteiger charge is -2.44. The molecule has 0 saturated heterocycles. The number of carbonyl (C=O) groups excluding carboxylic acids is 1. The largest absolute Gasteiger partial charge is 0.465 e. The van der Waals surface area contributed by atoms with Gasteiger partial charge in [0.1, 0.15) is 0 Å². The van der Waals surface area contributed by atoms with Gasteiger partial charge in [-0.05, 0) is 31.1 Å². The fourth-order valence-corrected chi connectivity index (χ4v) is 6.00. The summed E-state index contributed by atoms with van der Waals surface area (Å²) in [5, 5.41) is 0. The molecule has 0 heterocycles. The van der Waals surface area contributed by atoms with Crippen LogP contribution in [0.25, 0.3) is 0 Å². The summed E-state index contributed by atoms with van der Waals surface area (Å²) in [7, 11) is -4.24. The Morgan fingerprint density at radius 2 is 1.73 bits per heavy atom. The van der Waals surface area contributed by atoms with Crippen LogP contribution in [0, 0.1) is 6.92 Å². The number of esters is 1. The third-order valence-corrected chi connectivity index (χ3v) is 10.3. The van der Waals surface area contributed by atoms with Crippen molar-refractivity contribution in [2.75, 3.05) is 19.6 Å². The standard InChI is InChI=1S/C15H25NO4S2/c1-11-9-8-10-12(13(11)14(17)20-5)22(18,19)16-21(6,7)15(2,3)4/h8-10,16H,1-7H3. The molecule has 1 N–H and O–H groups in total. The maximum absolute atomic E-state index is 12.8. The Morgan fingerprint density at radius 1 is 1.18 bits per heavy atom. The number of hydrogen-bond acceptors (Lipinski definition) is 4. The molecule has 0 aliphatic carbocycles. The zero-order valence-electron chi connectivity index (χ0n) is 14.2. The predicted molar refractivity (Wildman–Crippen MR) is 92.0 cm³/mol. The molecule has 0 bridgehead atoms. The Labute approximate surface area is 134 Å². The molecule has 0 spiro atoms. The van der Waals surface area contributed by atoms with Gasteiger partial charge in [-0.2, -0.15) is 14.3 Å². The molecule has 0 unspecified atom stereocenters. The van der Waals surface area contributed by atoms with Gasteiger partial charge in [0.15, 0.2) is 0 Å². The number of rotatable bonds is 4. The Hall–Kier alpha value is -1.05. The van der Waals surface area contributed by atoms with E-state index < -0.39 is 26.2 Å². The van der Waals surface area contributed by atoms with Gasteiger partial charge < -0.3 is 4.74 Å². The lowest BCUT2D eigenvalue weighted by Crippen LogP contribution is -2.38. The number of hydrogen-bond donors (Lipinski definition) is 1. The van der Waals surface area contributed by atoms with Crippen LogP contribution in [-0.4, -0.2) is 38.8 Å². The van der Waals surface area contributed by atoms with E-state index in [4.69, 9.17) is 4.74 Å². The van der Waals surface area contributed by atoms with Crippen LogP contribution in [0.15, 0.2) is 23.1 Å². The van der Waals surface area contributed by atoms with Crippen LogP contribution in [0.4, 0.5) is 0 Å². The number of sulfonamides is 1. The summed E-state index contributed by atoms with van der Waals surface area (Å²) in [5.41, 5.74) is 0.653. The predicted octanol–water partition coefficient (Wildman–Crippen LogP) is 2.84. The van der Waals surface area contributed by atoms with Crippen LogP contribution >= 0.6 is 10.2 Å². The molecule has 0 aliphatic rings. The topological polar surface area (TPSA) is 72.5 Å². The lowest BCUT2D eigenvalue weighted by atomic mass is 10.1. The molecule has 0 fully saturated rings. The summed E-state index contributed by atoms with van der Waals surface area (Å²) < 4.78 is 32.9. The molecule has 0 aromatic heterocycles. The molecule has 7 heteroatoms. The third kappa shape index (κ3) is 3.83. The van der Waals surface area contributed by atoms with Gasteiger partial charge >= 0.3 is 5.97 Å². The third-order valence-electron chi connectivity index (χ3n) is 3.76. The normalized spacial score (nSPS) is 13.8. The van der Waals surface area contributed by atoms with Gasteiger partial charge in [0.05, 0.1) is 17.6 Å². The van der Waals surface area contributed by atoms with E-state index in [0.29, 0.717) is 5.56 Å². The summed E-state index contributed by atoms with van der Waals surface area (Å²) >= 11 is 0. The van der Waals surface area contributed by atoms with Crippen LogP contribution in [0.3, 0.4) is 0 Å². The van der Waals surface area contributed by atoms with E-state index in [1.165, 1.54) is 13.2 Å². The number of methoxy groups -OCH3 is 1. The van der Waals surface area contributed by atoms with Crippen molar-refractivity contribution in [3.05, 3.63) is 29.3 Å². The first kappa shape index (κ1) is 19.0. The van der Waals surface area contributed by atoms with Crippen molar-refractivity contribution in [2.24, 2.45) is 0 Å². The highest BCUT2D eigenvalue weighted by atomic mass is 32.3. The lowest BCUT2D eigenvalue weighted by molar-refractivity contribution is 0.0595. The quantitative estimate of drug-likeness (QED) is 0.850. The smallest absolute Gasteiger partial charge is 0.339 e. The second kappa shape index (κ2) is 6.22. The van der Waals surface area contributed by atoms with E-state index in [2.05, 4.69) is 4.13 Å². The van der Waals surface area contributed by atoms with Crippen LogP contribution in [0.1, 0.15) is 36.7 Å². The first-order chi connectivity index (χ1) is 9.83. The minimum Gasteiger partial charge on any atom is -0.465 e. The van der Waals surface area contributed by atoms with E-state index in [1.807, 2.05) is 33.3 Å². The molecule has 1 rings (SSSR count). The van der Waals surface area contributed by atoms with Crippen molar-refractivity contribution in [1.29, 1.82) is 0 Å². The second-order valence-electron chi connectivity index (χ2n) is 6.47. The fourth-order valence-electron chi connectivity index (χ4n) is 1.67. The number of nitrogens with one attached hydrogen (secondary N) is 1. The Balaban J connectivity index is 3.43. The number of aryl methyl sites for hydroxylation is 1. The molecule has 0 aliphatic heterocycles. The van der Waals surface area contributed by atoms with Gasteiger partial charge in [-0.1, -0.05) is 32.9 Å². The van der Waals surface area contributed by atoms with Crippen molar-refractivity contribution in [1.82, 2.24) is 4.13 Å². The van der Waals surface area contributed by atoms with E-state index in [9.17, 15) is 13.2 Å². The van der Waals surface area contributed by atoms with E-state index in [-0.39, 0.29) is 15.2 Å². The number of ether oxygens (including phenoxy) is 1. The monoisotopic (exact) mass is 347 g/mol. The Morgan fingerprint density at radius 3 is 2.18 bits per heavy atom. The molecule has 0 radical (unpaired) electrons. The van der Waals surface area contributed by atoms with Gasteiger partial charge in [0.25, 0.3) is 0 Å².